The maximum atomic E-state index is 10.7. The van der Waals surface area contributed by atoms with Gasteiger partial charge in [-0.05, 0) is 11.3 Å². The summed E-state index contributed by atoms with van der Waals surface area (Å²) in [6.07, 6.45) is 1.70. The maximum absolute atomic E-state index is 10.7. The van der Waals surface area contributed by atoms with Crippen molar-refractivity contribution in [3.8, 4) is 0 Å². The molecular formula is C8H6F3N3O3S. The van der Waals surface area contributed by atoms with Crippen LogP contribution in [0.15, 0.2) is 30.5 Å². The van der Waals surface area contributed by atoms with Gasteiger partial charge in [-0.25, -0.2) is 0 Å². The Hall–Kier alpha value is -1.81. The number of alkyl halides is 3. The fourth-order valence-electron chi connectivity index (χ4n) is 0.850. The smallest absolute Gasteiger partial charge is 0.279 e. The molecule has 1 heterocycles. The van der Waals surface area contributed by atoms with Crippen molar-refractivity contribution in [2.75, 3.05) is 0 Å². The number of halogens is 3. The number of hydrogen-bond acceptors (Lipinski definition) is 5. The van der Waals surface area contributed by atoms with Crippen LogP contribution in [-0.4, -0.2) is 33.9 Å². The summed E-state index contributed by atoms with van der Waals surface area (Å²) in [6, 6.07) is 7.74. The third-order valence-electron chi connectivity index (χ3n) is 1.63. The first-order valence-electron chi connectivity index (χ1n) is 4.28. The predicted molar refractivity (Wildman–Crippen MR) is 54.9 cm³/mol. The number of nitrogens with zero attached hydrogens (tertiary/aromatic N) is 3. The summed E-state index contributed by atoms with van der Waals surface area (Å²) in [4.78, 5) is 0. The van der Waals surface area contributed by atoms with E-state index < -0.39 is 15.6 Å². The van der Waals surface area contributed by atoms with Gasteiger partial charge in [0.25, 0.3) is 0 Å². The van der Waals surface area contributed by atoms with Crippen molar-refractivity contribution in [1.29, 1.82) is 0 Å². The summed E-state index contributed by atoms with van der Waals surface area (Å²) in [5.41, 5.74) is -4.65. The fraction of sp³-hybridized carbons (Fsp3) is 0.125. The topological polar surface area (TPSA) is 93.0 Å². The lowest BCUT2D eigenvalue weighted by atomic mass is 10.2. The third kappa shape index (κ3) is 3.89. The minimum absolute atomic E-state index is 0.887. The van der Waals surface area contributed by atoms with Crippen molar-refractivity contribution < 1.29 is 26.1 Å². The molecule has 0 spiro atoms. The van der Waals surface area contributed by atoms with Crippen molar-refractivity contribution in [3.05, 3.63) is 30.5 Å². The molecule has 0 atom stereocenters. The van der Waals surface area contributed by atoms with Crippen LogP contribution in [-0.2, 0) is 10.1 Å². The van der Waals surface area contributed by atoms with Crippen LogP contribution in [0, 0.1) is 0 Å². The van der Waals surface area contributed by atoms with Gasteiger partial charge < -0.3 is 0 Å². The highest BCUT2D eigenvalue weighted by molar-refractivity contribution is 7.86. The molecule has 0 saturated carbocycles. The van der Waals surface area contributed by atoms with Crippen LogP contribution in [0.2, 0.25) is 0 Å². The highest BCUT2D eigenvalue weighted by Gasteiger charge is 2.44. The Labute approximate surface area is 99.2 Å². The van der Waals surface area contributed by atoms with Gasteiger partial charge in [0.1, 0.15) is 0 Å². The lowest BCUT2D eigenvalue weighted by Crippen LogP contribution is -2.21. The Morgan fingerprint density at radius 3 is 2.22 bits per heavy atom. The number of aromatic nitrogens is 3. The molecule has 0 saturated heterocycles. The van der Waals surface area contributed by atoms with Gasteiger partial charge in [0.2, 0.25) is 0 Å². The minimum atomic E-state index is -5.84. The van der Waals surface area contributed by atoms with Crippen LogP contribution in [0.4, 0.5) is 13.2 Å². The second-order valence-electron chi connectivity index (χ2n) is 2.91. The highest BCUT2D eigenvalue weighted by Crippen LogP contribution is 2.20. The molecule has 0 amide bonds. The summed E-state index contributed by atoms with van der Waals surface area (Å²) in [7, 11) is -5.84. The molecule has 2 aromatic rings. The largest absolute Gasteiger partial charge is 0.522 e. The second-order valence-corrected chi connectivity index (χ2v) is 4.33. The number of rotatable bonds is 0. The molecule has 10 heteroatoms. The SMILES string of the molecule is O=S(=O)(O)C(F)(F)F.c1ccc2nnncc2c1. The standard InChI is InChI=1S/C7H5N3.CHF3O3S/c1-2-4-7-6(3-1)5-8-10-9-7;2-1(3,4)8(5,6)7/h1-5H;(H,5,6,7). The Kier molecular flexibility index (Phi) is 4.14. The number of hydrogen-bond donors (Lipinski definition) is 1. The van der Waals surface area contributed by atoms with Crippen molar-refractivity contribution in [3.63, 3.8) is 0 Å². The molecule has 0 radical (unpaired) electrons. The normalized spacial score (nSPS) is 11.8. The van der Waals surface area contributed by atoms with E-state index in [0.29, 0.717) is 0 Å². The van der Waals surface area contributed by atoms with E-state index in [1.165, 1.54) is 0 Å². The summed E-state index contributed by atoms with van der Waals surface area (Å²) >= 11 is 0. The first-order chi connectivity index (χ1) is 8.22. The van der Waals surface area contributed by atoms with E-state index in [1.807, 2.05) is 24.3 Å². The molecule has 0 unspecified atom stereocenters. The molecule has 1 aromatic carbocycles. The highest BCUT2D eigenvalue weighted by atomic mass is 32.2. The Bertz CT molecular complexity index is 565. The van der Waals surface area contributed by atoms with Gasteiger partial charge in [-0.15, -0.1) is 10.2 Å². The monoisotopic (exact) mass is 281 g/mol. The molecular weight excluding hydrogens is 275 g/mol. The lowest BCUT2D eigenvalue weighted by Gasteiger charge is -1.97. The van der Waals surface area contributed by atoms with Gasteiger partial charge in [0.15, 0.2) is 0 Å². The Balaban J connectivity index is 0.000000187. The molecule has 1 N–H and O–H groups in total. The van der Waals surface area contributed by atoms with Crippen molar-refractivity contribution in [1.82, 2.24) is 15.4 Å². The van der Waals surface area contributed by atoms with Crippen LogP contribution in [0.1, 0.15) is 0 Å². The van der Waals surface area contributed by atoms with Crippen LogP contribution in [0.3, 0.4) is 0 Å². The molecule has 0 aliphatic carbocycles. The summed E-state index contributed by atoms with van der Waals surface area (Å²) in [6.45, 7) is 0. The fourth-order valence-corrected chi connectivity index (χ4v) is 0.850. The van der Waals surface area contributed by atoms with Crippen LogP contribution in [0.25, 0.3) is 10.9 Å². The minimum Gasteiger partial charge on any atom is -0.279 e. The molecule has 98 valence electrons. The third-order valence-corrected chi connectivity index (χ3v) is 2.22. The summed E-state index contributed by atoms with van der Waals surface area (Å²) in [5, 5.41) is 12.0. The second kappa shape index (κ2) is 5.23. The van der Waals surface area contributed by atoms with Crippen LogP contribution >= 0.6 is 0 Å². The summed E-state index contributed by atoms with van der Waals surface area (Å²) < 4.78 is 57.5. The van der Waals surface area contributed by atoms with E-state index >= 15 is 0 Å². The number of fused-ring (bicyclic) bond motifs is 1. The zero-order valence-electron chi connectivity index (χ0n) is 8.53. The van der Waals surface area contributed by atoms with E-state index in [4.69, 9.17) is 13.0 Å². The molecule has 18 heavy (non-hydrogen) atoms. The number of benzene rings is 1. The van der Waals surface area contributed by atoms with Crippen molar-refractivity contribution >= 4 is 21.0 Å². The van der Waals surface area contributed by atoms with E-state index in [2.05, 4.69) is 15.4 Å². The van der Waals surface area contributed by atoms with Gasteiger partial charge in [0, 0.05) is 5.39 Å². The van der Waals surface area contributed by atoms with Crippen LogP contribution < -0.4 is 0 Å². The summed E-state index contributed by atoms with van der Waals surface area (Å²) in [5.74, 6) is 0. The predicted octanol–water partition coefficient (Wildman–Crippen LogP) is 1.42. The van der Waals surface area contributed by atoms with Gasteiger partial charge >= 0.3 is 15.6 Å². The molecule has 0 fully saturated rings. The van der Waals surface area contributed by atoms with E-state index in [1.54, 1.807) is 6.20 Å². The average Bonchev–Trinajstić information content (AvgIpc) is 2.27. The molecule has 0 aliphatic rings. The molecule has 2 rings (SSSR count). The average molecular weight is 281 g/mol. The quantitative estimate of drug-likeness (QED) is 0.580. The molecule has 6 nitrogen and oxygen atoms in total. The van der Waals surface area contributed by atoms with E-state index in [9.17, 15) is 13.2 Å². The van der Waals surface area contributed by atoms with Crippen molar-refractivity contribution in [2.45, 2.75) is 5.51 Å². The Morgan fingerprint density at radius 1 is 1.17 bits per heavy atom. The molecule has 1 aromatic heterocycles. The van der Waals surface area contributed by atoms with Gasteiger partial charge in [-0.3, -0.25) is 4.55 Å². The van der Waals surface area contributed by atoms with Gasteiger partial charge in [0.05, 0.1) is 11.7 Å². The Morgan fingerprint density at radius 2 is 1.72 bits per heavy atom. The maximum Gasteiger partial charge on any atom is 0.522 e. The van der Waals surface area contributed by atoms with Crippen molar-refractivity contribution in [2.24, 2.45) is 0 Å². The first-order valence-corrected chi connectivity index (χ1v) is 5.72. The zero-order chi connectivity index (χ0) is 13.8. The van der Waals surface area contributed by atoms with Crippen LogP contribution in [0.5, 0.6) is 0 Å². The van der Waals surface area contributed by atoms with Gasteiger partial charge in [-0.1, -0.05) is 18.2 Å². The molecule has 0 aliphatic heterocycles. The zero-order valence-corrected chi connectivity index (χ0v) is 9.35. The lowest BCUT2D eigenvalue weighted by molar-refractivity contribution is -0.0510. The van der Waals surface area contributed by atoms with E-state index in [-0.39, 0.29) is 0 Å². The van der Waals surface area contributed by atoms with E-state index in [0.717, 1.165) is 10.9 Å². The first kappa shape index (κ1) is 14.3. The molecule has 0 bridgehead atoms. The van der Waals surface area contributed by atoms with Gasteiger partial charge in [-0.2, -0.15) is 21.6 Å².